The maximum atomic E-state index is 12.3. The number of aryl methyl sites for hydroxylation is 1. The van der Waals surface area contributed by atoms with Crippen molar-refractivity contribution >= 4 is 40.5 Å². The lowest BCUT2D eigenvalue weighted by molar-refractivity contribution is -0.121. The van der Waals surface area contributed by atoms with Crippen LogP contribution >= 0.6 is 11.6 Å². The zero-order valence-electron chi connectivity index (χ0n) is 18.1. The SMILES string of the molecule is CCN1CCNC(=O)CCc2cccc(c2)Nc2cc(ncn2)Nc2cc(ccc2Cl)C1. The standard InChI is InChI=1S/C24H27ClN6O/c1-2-31-11-10-26-24(32)9-7-17-4-3-5-19(12-17)29-22-14-23(28-16-27-22)30-21-13-18(15-31)6-8-20(21)25/h3-6,8,12-14,16H,2,7,9-11,15H2,1H3,(H,26,32)(H2,27,28,29,30). The van der Waals surface area contributed by atoms with E-state index in [4.69, 9.17) is 11.6 Å². The highest BCUT2D eigenvalue weighted by atomic mass is 35.5. The molecule has 3 aromatic rings. The minimum atomic E-state index is 0.0655. The molecule has 7 nitrogen and oxygen atoms in total. The van der Waals surface area contributed by atoms with E-state index in [2.05, 4.69) is 37.7 Å². The molecular weight excluding hydrogens is 424 g/mol. The summed E-state index contributed by atoms with van der Waals surface area (Å²) in [6, 6.07) is 15.8. The van der Waals surface area contributed by atoms with Crippen LogP contribution in [0, 0.1) is 0 Å². The lowest BCUT2D eigenvalue weighted by Crippen LogP contribution is -2.34. The van der Waals surface area contributed by atoms with Gasteiger partial charge in [0.2, 0.25) is 5.91 Å². The average molecular weight is 451 g/mol. The molecule has 0 spiro atoms. The summed E-state index contributed by atoms with van der Waals surface area (Å²) in [7, 11) is 0. The first kappa shape index (κ1) is 22.0. The van der Waals surface area contributed by atoms with Crippen molar-refractivity contribution in [3.8, 4) is 0 Å². The monoisotopic (exact) mass is 450 g/mol. The van der Waals surface area contributed by atoms with Crippen LogP contribution in [0.25, 0.3) is 0 Å². The molecular formula is C24H27ClN6O. The van der Waals surface area contributed by atoms with Gasteiger partial charge < -0.3 is 16.0 Å². The van der Waals surface area contributed by atoms with Crippen molar-refractivity contribution in [1.29, 1.82) is 0 Å². The molecule has 1 aromatic heterocycles. The molecule has 0 fully saturated rings. The van der Waals surface area contributed by atoms with Gasteiger partial charge in [0.15, 0.2) is 0 Å². The maximum absolute atomic E-state index is 12.3. The number of hydrogen-bond acceptors (Lipinski definition) is 6. The highest BCUT2D eigenvalue weighted by Crippen LogP contribution is 2.27. The van der Waals surface area contributed by atoms with Crippen LogP contribution in [-0.2, 0) is 17.8 Å². The Morgan fingerprint density at radius 2 is 1.84 bits per heavy atom. The van der Waals surface area contributed by atoms with E-state index in [0.29, 0.717) is 36.0 Å². The first-order valence-corrected chi connectivity index (χ1v) is 11.2. The quantitative estimate of drug-likeness (QED) is 0.506. The first-order valence-electron chi connectivity index (χ1n) is 10.8. The van der Waals surface area contributed by atoms with Gasteiger partial charge in [0.25, 0.3) is 0 Å². The second kappa shape index (κ2) is 10.4. The lowest BCUT2D eigenvalue weighted by atomic mass is 10.1. The lowest BCUT2D eigenvalue weighted by Gasteiger charge is -2.21. The number of halogens is 1. The Morgan fingerprint density at radius 3 is 2.69 bits per heavy atom. The maximum Gasteiger partial charge on any atom is 0.220 e. The van der Waals surface area contributed by atoms with E-state index in [1.165, 1.54) is 6.33 Å². The zero-order chi connectivity index (χ0) is 22.3. The van der Waals surface area contributed by atoms with Gasteiger partial charge in [-0.3, -0.25) is 9.69 Å². The van der Waals surface area contributed by atoms with Gasteiger partial charge in [-0.1, -0.05) is 36.7 Å². The number of nitrogens with one attached hydrogen (secondary N) is 3. The number of fused-ring (bicyclic) bond motifs is 6. The predicted octanol–water partition coefficient (Wildman–Crippen LogP) is 4.50. The fourth-order valence-electron chi connectivity index (χ4n) is 3.66. The normalized spacial score (nSPS) is 15.4. The molecule has 0 saturated heterocycles. The van der Waals surface area contributed by atoms with Crippen molar-refractivity contribution in [3.05, 3.63) is 71.0 Å². The number of rotatable bonds is 1. The van der Waals surface area contributed by atoms with Crippen molar-refractivity contribution in [2.24, 2.45) is 0 Å². The summed E-state index contributed by atoms with van der Waals surface area (Å²) in [5, 5.41) is 10.3. The van der Waals surface area contributed by atoms with Crippen LogP contribution in [0.4, 0.5) is 23.0 Å². The summed E-state index contributed by atoms with van der Waals surface area (Å²) in [6.45, 7) is 5.17. The van der Waals surface area contributed by atoms with Gasteiger partial charge in [-0.05, 0) is 48.4 Å². The van der Waals surface area contributed by atoms with Crippen LogP contribution in [0.15, 0.2) is 54.9 Å². The number of hydrogen-bond donors (Lipinski definition) is 3. The summed E-state index contributed by atoms with van der Waals surface area (Å²) >= 11 is 6.45. The molecule has 8 heteroatoms. The Kier molecular flexibility index (Phi) is 7.19. The number of anilines is 4. The largest absolute Gasteiger partial charge is 0.355 e. The summed E-state index contributed by atoms with van der Waals surface area (Å²) in [6.07, 6.45) is 2.65. The van der Waals surface area contributed by atoms with Crippen LogP contribution in [0.2, 0.25) is 5.02 Å². The molecule has 6 bridgehead atoms. The van der Waals surface area contributed by atoms with Gasteiger partial charge in [0, 0.05) is 37.8 Å². The van der Waals surface area contributed by atoms with Gasteiger partial charge in [-0.2, -0.15) is 0 Å². The molecule has 1 amide bonds. The third kappa shape index (κ3) is 5.96. The molecule has 4 rings (SSSR count). The van der Waals surface area contributed by atoms with Crippen molar-refractivity contribution in [2.45, 2.75) is 26.3 Å². The van der Waals surface area contributed by atoms with Crippen molar-refractivity contribution in [3.63, 3.8) is 0 Å². The van der Waals surface area contributed by atoms with Gasteiger partial charge in [0.05, 0.1) is 10.7 Å². The average Bonchev–Trinajstić information content (AvgIpc) is 2.79. The van der Waals surface area contributed by atoms with E-state index >= 15 is 0 Å². The molecule has 0 aliphatic carbocycles. The molecule has 166 valence electrons. The molecule has 0 saturated carbocycles. The van der Waals surface area contributed by atoms with Gasteiger partial charge in [0.1, 0.15) is 18.0 Å². The van der Waals surface area contributed by atoms with Gasteiger partial charge in [-0.15, -0.1) is 0 Å². The number of benzene rings is 2. The second-order valence-corrected chi connectivity index (χ2v) is 8.18. The molecule has 0 radical (unpaired) electrons. The van der Waals surface area contributed by atoms with Crippen molar-refractivity contribution < 1.29 is 4.79 Å². The zero-order valence-corrected chi connectivity index (χ0v) is 18.8. The molecule has 0 atom stereocenters. The topological polar surface area (TPSA) is 82.2 Å². The summed E-state index contributed by atoms with van der Waals surface area (Å²) in [5.41, 5.74) is 3.92. The van der Waals surface area contributed by atoms with E-state index in [9.17, 15) is 4.79 Å². The van der Waals surface area contributed by atoms with Crippen LogP contribution in [0.3, 0.4) is 0 Å². The Morgan fingerprint density at radius 1 is 1.00 bits per heavy atom. The van der Waals surface area contributed by atoms with Crippen LogP contribution in [0.1, 0.15) is 24.5 Å². The van der Waals surface area contributed by atoms with E-state index in [1.807, 2.05) is 48.5 Å². The van der Waals surface area contributed by atoms with Crippen LogP contribution in [-0.4, -0.2) is 40.4 Å². The number of likely N-dealkylation sites (N-methyl/N-ethyl adjacent to an activating group) is 1. The predicted molar refractivity (Wildman–Crippen MR) is 129 cm³/mol. The van der Waals surface area contributed by atoms with Crippen molar-refractivity contribution in [1.82, 2.24) is 20.2 Å². The van der Waals surface area contributed by atoms with Gasteiger partial charge >= 0.3 is 0 Å². The van der Waals surface area contributed by atoms with Crippen molar-refractivity contribution in [2.75, 3.05) is 30.3 Å². The smallest absolute Gasteiger partial charge is 0.220 e. The van der Waals surface area contributed by atoms with E-state index < -0.39 is 0 Å². The molecule has 2 aromatic carbocycles. The third-order valence-corrected chi connectivity index (χ3v) is 5.73. The number of amides is 1. The summed E-state index contributed by atoms with van der Waals surface area (Å²) in [4.78, 5) is 23.3. The Bertz CT molecular complexity index is 1090. The van der Waals surface area contributed by atoms with Gasteiger partial charge in [-0.25, -0.2) is 9.97 Å². The minimum Gasteiger partial charge on any atom is -0.355 e. The molecule has 1 aliphatic rings. The molecule has 3 N–H and O–H groups in total. The molecule has 2 heterocycles. The number of carbonyl (C=O) groups excluding carboxylic acids is 1. The highest BCUT2D eigenvalue weighted by Gasteiger charge is 2.10. The fourth-order valence-corrected chi connectivity index (χ4v) is 3.82. The highest BCUT2D eigenvalue weighted by molar-refractivity contribution is 6.33. The van der Waals surface area contributed by atoms with Crippen LogP contribution in [0.5, 0.6) is 0 Å². The Balaban J connectivity index is 1.64. The third-order valence-electron chi connectivity index (χ3n) is 5.40. The summed E-state index contributed by atoms with van der Waals surface area (Å²) in [5.74, 6) is 1.38. The minimum absolute atomic E-state index is 0.0655. The van der Waals surface area contributed by atoms with E-state index in [1.54, 1.807) is 0 Å². The second-order valence-electron chi connectivity index (χ2n) is 7.77. The van der Waals surface area contributed by atoms with E-state index in [-0.39, 0.29) is 5.91 Å². The van der Waals surface area contributed by atoms with Crippen LogP contribution < -0.4 is 16.0 Å². The fraction of sp³-hybridized carbons (Fsp3) is 0.292. The number of nitrogens with zero attached hydrogens (tertiary/aromatic N) is 3. The molecule has 0 unspecified atom stereocenters. The molecule has 32 heavy (non-hydrogen) atoms. The Labute approximate surface area is 193 Å². The first-order chi connectivity index (χ1) is 15.6. The molecule has 1 aliphatic heterocycles. The number of carbonyl (C=O) groups is 1. The van der Waals surface area contributed by atoms with E-state index in [0.717, 1.165) is 42.1 Å². The number of aromatic nitrogens is 2. The summed E-state index contributed by atoms with van der Waals surface area (Å²) < 4.78 is 0. The Hall–Kier alpha value is -3.16.